The molecule has 1 heterocycles. The quantitative estimate of drug-likeness (QED) is 0.434. The molecule has 0 unspecified atom stereocenters. The maximum Gasteiger partial charge on any atom is 0.0951 e. The third-order valence-corrected chi connectivity index (χ3v) is 3.80. The first-order chi connectivity index (χ1) is 11.4. The van der Waals surface area contributed by atoms with E-state index < -0.39 is 0 Å². The van der Waals surface area contributed by atoms with Gasteiger partial charge in [0.2, 0.25) is 0 Å². The highest BCUT2D eigenvalue weighted by Crippen LogP contribution is 2.20. The molecule has 4 rings (SSSR count). The molecule has 0 spiro atoms. The van der Waals surface area contributed by atoms with Gasteiger partial charge in [0.05, 0.1) is 17.4 Å². The van der Waals surface area contributed by atoms with Crippen LogP contribution >= 0.6 is 0 Å². The Morgan fingerprint density at radius 2 is 1.61 bits per heavy atom. The number of nitrogens with zero attached hydrogens (tertiary/aromatic N) is 2. The average Bonchev–Trinajstić information content (AvgIpc) is 2.62. The summed E-state index contributed by atoms with van der Waals surface area (Å²) >= 11 is 0. The first kappa shape index (κ1) is 13.5. The Balaban J connectivity index is 1.60. The topological polar surface area (TPSA) is 37.3 Å². The lowest BCUT2D eigenvalue weighted by Crippen LogP contribution is -1.93. The third-order valence-electron chi connectivity index (χ3n) is 3.80. The van der Waals surface area contributed by atoms with Gasteiger partial charge in [-0.05, 0) is 34.5 Å². The second-order valence-corrected chi connectivity index (χ2v) is 5.36. The van der Waals surface area contributed by atoms with Gasteiger partial charge >= 0.3 is 0 Å². The van der Waals surface area contributed by atoms with Crippen LogP contribution in [-0.2, 0) is 0 Å². The van der Waals surface area contributed by atoms with Crippen molar-refractivity contribution in [1.82, 2.24) is 4.98 Å². The molecule has 0 fully saturated rings. The van der Waals surface area contributed by atoms with Crippen LogP contribution in [0.5, 0.6) is 0 Å². The van der Waals surface area contributed by atoms with Gasteiger partial charge in [0.25, 0.3) is 0 Å². The highest BCUT2D eigenvalue weighted by molar-refractivity contribution is 5.92. The van der Waals surface area contributed by atoms with E-state index in [1.807, 2.05) is 48.7 Å². The smallest absolute Gasteiger partial charge is 0.0951 e. The normalized spacial score (nSPS) is 11.3. The van der Waals surface area contributed by atoms with E-state index in [0.717, 1.165) is 22.2 Å². The maximum absolute atomic E-state index is 4.41. The Morgan fingerprint density at radius 3 is 2.57 bits per heavy atom. The van der Waals surface area contributed by atoms with Crippen LogP contribution < -0.4 is 5.43 Å². The number of aromatic nitrogens is 1. The van der Waals surface area contributed by atoms with Crippen LogP contribution in [0.3, 0.4) is 0 Å². The van der Waals surface area contributed by atoms with E-state index in [2.05, 4.69) is 45.8 Å². The molecule has 3 aromatic carbocycles. The lowest BCUT2D eigenvalue weighted by molar-refractivity contribution is 1.33. The lowest BCUT2D eigenvalue weighted by Gasteiger charge is -2.04. The van der Waals surface area contributed by atoms with Crippen LogP contribution in [0, 0.1) is 0 Å². The number of rotatable bonds is 3. The molecule has 1 aromatic heterocycles. The molecule has 3 heteroatoms. The molecule has 4 aromatic rings. The fourth-order valence-electron chi connectivity index (χ4n) is 2.66. The molecule has 0 amide bonds. The monoisotopic (exact) mass is 297 g/mol. The van der Waals surface area contributed by atoms with Gasteiger partial charge in [-0.3, -0.25) is 10.4 Å². The van der Waals surface area contributed by atoms with E-state index in [1.54, 1.807) is 6.20 Å². The molecular formula is C20H15N3. The molecule has 0 atom stereocenters. The number of hydrogen-bond acceptors (Lipinski definition) is 3. The van der Waals surface area contributed by atoms with Crippen molar-refractivity contribution in [3.8, 4) is 0 Å². The zero-order valence-corrected chi connectivity index (χ0v) is 12.5. The zero-order chi connectivity index (χ0) is 15.5. The van der Waals surface area contributed by atoms with E-state index in [9.17, 15) is 0 Å². The Hall–Kier alpha value is -3.20. The minimum absolute atomic E-state index is 0.903. The van der Waals surface area contributed by atoms with E-state index in [-0.39, 0.29) is 0 Å². The highest BCUT2D eigenvalue weighted by Gasteiger charge is 1.99. The number of nitrogens with one attached hydrogen (secondary N) is 1. The van der Waals surface area contributed by atoms with Gasteiger partial charge in [-0.2, -0.15) is 5.10 Å². The molecule has 23 heavy (non-hydrogen) atoms. The fraction of sp³-hybridized carbons (Fsp3) is 0. The second kappa shape index (κ2) is 5.89. The summed E-state index contributed by atoms with van der Waals surface area (Å²) in [7, 11) is 0. The number of pyridine rings is 1. The van der Waals surface area contributed by atoms with Crippen molar-refractivity contribution in [1.29, 1.82) is 0 Å². The lowest BCUT2D eigenvalue weighted by atomic mass is 10.1. The minimum atomic E-state index is 0.903. The Bertz CT molecular complexity index is 1000. The van der Waals surface area contributed by atoms with Crippen molar-refractivity contribution in [3.05, 3.63) is 84.6 Å². The first-order valence-electron chi connectivity index (χ1n) is 7.52. The fourth-order valence-corrected chi connectivity index (χ4v) is 2.66. The Labute approximate surface area is 134 Å². The van der Waals surface area contributed by atoms with Crippen molar-refractivity contribution in [2.75, 3.05) is 5.43 Å². The second-order valence-electron chi connectivity index (χ2n) is 5.36. The third kappa shape index (κ3) is 2.77. The van der Waals surface area contributed by atoms with E-state index in [1.165, 1.54) is 10.8 Å². The summed E-state index contributed by atoms with van der Waals surface area (Å²) in [5, 5.41) is 7.89. The van der Waals surface area contributed by atoms with Crippen LogP contribution in [0.1, 0.15) is 5.56 Å². The van der Waals surface area contributed by atoms with E-state index in [4.69, 9.17) is 0 Å². The summed E-state index contributed by atoms with van der Waals surface area (Å²) in [4.78, 5) is 4.41. The standard InChI is InChI=1S/C20H15N3/c1-2-6-18-13-15(10-11-16(18)5-1)14-22-23-19-9-3-7-17-8-4-12-21-20(17)19/h1-14,23H/b22-14+. The molecule has 0 saturated heterocycles. The number of fused-ring (bicyclic) bond motifs is 2. The Kier molecular flexibility index (Phi) is 3.45. The highest BCUT2D eigenvalue weighted by atomic mass is 15.3. The number of para-hydroxylation sites is 1. The molecule has 0 aliphatic carbocycles. The van der Waals surface area contributed by atoms with Gasteiger partial charge in [0.1, 0.15) is 0 Å². The molecule has 0 radical (unpaired) electrons. The van der Waals surface area contributed by atoms with Gasteiger partial charge in [0, 0.05) is 11.6 Å². The number of anilines is 1. The van der Waals surface area contributed by atoms with Crippen LogP contribution in [0.2, 0.25) is 0 Å². The zero-order valence-electron chi connectivity index (χ0n) is 12.5. The summed E-state index contributed by atoms with van der Waals surface area (Å²) in [5.41, 5.74) is 5.98. The van der Waals surface area contributed by atoms with Crippen molar-refractivity contribution >= 4 is 33.6 Å². The van der Waals surface area contributed by atoms with Gasteiger partial charge in [-0.25, -0.2) is 0 Å². The summed E-state index contributed by atoms with van der Waals surface area (Å²) in [5.74, 6) is 0. The first-order valence-corrected chi connectivity index (χ1v) is 7.52. The van der Waals surface area contributed by atoms with Crippen molar-refractivity contribution in [2.45, 2.75) is 0 Å². The molecule has 1 N–H and O–H groups in total. The van der Waals surface area contributed by atoms with Gasteiger partial charge < -0.3 is 0 Å². The average molecular weight is 297 g/mol. The summed E-state index contributed by atoms with van der Waals surface area (Å²) in [6, 6.07) is 24.6. The molecular weight excluding hydrogens is 282 g/mol. The summed E-state index contributed by atoms with van der Waals surface area (Å²) in [6.07, 6.45) is 3.62. The molecule has 0 saturated carbocycles. The number of hydrogen-bond donors (Lipinski definition) is 1. The van der Waals surface area contributed by atoms with Crippen LogP contribution in [0.25, 0.3) is 21.7 Å². The minimum Gasteiger partial charge on any atom is -0.276 e. The van der Waals surface area contributed by atoms with Gasteiger partial charge in [-0.1, -0.05) is 54.6 Å². The molecule has 3 nitrogen and oxygen atoms in total. The van der Waals surface area contributed by atoms with Crippen LogP contribution in [0.15, 0.2) is 84.1 Å². The number of hydrazone groups is 1. The van der Waals surface area contributed by atoms with Gasteiger partial charge in [-0.15, -0.1) is 0 Å². The van der Waals surface area contributed by atoms with Crippen molar-refractivity contribution in [2.24, 2.45) is 5.10 Å². The molecule has 0 aliphatic rings. The van der Waals surface area contributed by atoms with Crippen molar-refractivity contribution in [3.63, 3.8) is 0 Å². The SMILES string of the molecule is C(=N\Nc1cccc2cccnc12)/c1ccc2ccccc2c1. The summed E-state index contributed by atoms with van der Waals surface area (Å²) in [6.45, 7) is 0. The predicted octanol–water partition coefficient (Wildman–Crippen LogP) is 4.83. The van der Waals surface area contributed by atoms with Crippen LogP contribution in [-0.4, -0.2) is 11.2 Å². The molecule has 110 valence electrons. The van der Waals surface area contributed by atoms with Gasteiger partial charge in [0.15, 0.2) is 0 Å². The Morgan fingerprint density at radius 1 is 0.783 bits per heavy atom. The largest absolute Gasteiger partial charge is 0.276 e. The summed E-state index contributed by atoms with van der Waals surface area (Å²) < 4.78 is 0. The maximum atomic E-state index is 4.41. The number of benzene rings is 3. The van der Waals surface area contributed by atoms with Crippen molar-refractivity contribution < 1.29 is 0 Å². The van der Waals surface area contributed by atoms with E-state index >= 15 is 0 Å². The van der Waals surface area contributed by atoms with E-state index in [0.29, 0.717) is 0 Å². The molecule has 0 bridgehead atoms. The molecule has 0 aliphatic heterocycles. The van der Waals surface area contributed by atoms with Crippen LogP contribution in [0.4, 0.5) is 5.69 Å². The predicted molar refractivity (Wildman–Crippen MR) is 96.9 cm³/mol.